The Morgan fingerprint density at radius 1 is 1.23 bits per heavy atom. The van der Waals surface area contributed by atoms with Gasteiger partial charge in [-0.15, -0.1) is 0 Å². The number of ether oxygens (including phenoxy) is 1. The molecule has 8 heteroatoms. The van der Waals surface area contributed by atoms with E-state index in [2.05, 4.69) is 11.1 Å². The SMILES string of the molecule is Cn1cc(CC(=O)N2CCC(Oc3nc4c(F)cc(F)cc4s3)CC2)c2ccccc21. The number of carbonyl (C=O) groups is 1. The largest absolute Gasteiger partial charge is 0.467 e. The zero-order chi connectivity index (χ0) is 21.5. The normalized spacial score (nSPS) is 15.1. The molecule has 5 rings (SSSR count). The van der Waals surface area contributed by atoms with E-state index in [1.807, 2.05) is 40.9 Å². The Morgan fingerprint density at radius 2 is 2.00 bits per heavy atom. The number of amides is 1. The third kappa shape index (κ3) is 3.87. The molecule has 0 aliphatic carbocycles. The minimum Gasteiger partial charge on any atom is -0.467 e. The lowest BCUT2D eigenvalue weighted by Crippen LogP contribution is -2.42. The predicted molar refractivity (Wildman–Crippen MR) is 116 cm³/mol. The number of hydrogen-bond acceptors (Lipinski definition) is 4. The summed E-state index contributed by atoms with van der Waals surface area (Å²) >= 11 is 1.14. The molecule has 0 spiro atoms. The van der Waals surface area contributed by atoms with Gasteiger partial charge in [-0.2, -0.15) is 4.98 Å². The first kappa shape index (κ1) is 19.9. The maximum Gasteiger partial charge on any atom is 0.274 e. The Morgan fingerprint density at radius 3 is 2.81 bits per heavy atom. The van der Waals surface area contributed by atoms with Gasteiger partial charge in [0.15, 0.2) is 5.82 Å². The number of carbonyl (C=O) groups excluding carboxylic acids is 1. The Kier molecular flexibility index (Phi) is 5.09. The minimum atomic E-state index is -0.685. The third-order valence-electron chi connectivity index (χ3n) is 5.78. The molecule has 1 fully saturated rings. The number of rotatable bonds is 4. The molecule has 1 amide bonds. The number of benzene rings is 2. The van der Waals surface area contributed by atoms with E-state index in [1.54, 1.807) is 0 Å². The molecule has 2 aromatic carbocycles. The smallest absolute Gasteiger partial charge is 0.274 e. The molecule has 0 unspecified atom stereocenters. The van der Waals surface area contributed by atoms with Gasteiger partial charge >= 0.3 is 0 Å². The van der Waals surface area contributed by atoms with Gasteiger partial charge in [-0.3, -0.25) is 4.79 Å². The average Bonchev–Trinajstić information content (AvgIpc) is 3.29. The van der Waals surface area contributed by atoms with E-state index in [-0.39, 0.29) is 17.5 Å². The molecule has 0 bridgehead atoms. The van der Waals surface area contributed by atoms with Crippen molar-refractivity contribution >= 4 is 38.4 Å². The molecule has 160 valence electrons. The fourth-order valence-corrected chi connectivity index (χ4v) is 5.11. The second-order valence-electron chi connectivity index (χ2n) is 7.87. The monoisotopic (exact) mass is 441 g/mol. The molecule has 31 heavy (non-hydrogen) atoms. The second kappa shape index (κ2) is 7.92. The first-order valence-electron chi connectivity index (χ1n) is 10.2. The Hall–Kier alpha value is -3.00. The van der Waals surface area contributed by atoms with Gasteiger partial charge in [0, 0.05) is 56.1 Å². The Labute approximate surface area is 181 Å². The molecule has 0 radical (unpaired) electrons. The van der Waals surface area contributed by atoms with Crippen LogP contribution in [0.25, 0.3) is 21.1 Å². The van der Waals surface area contributed by atoms with Crippen molar-refractivity contribution in [2.75, 3.05) is 13.1 Å². The van der Waals surface area contributed by atoms with Crippen molar-refractivity contribution in [1.82, 2.24) is 14.5 Å². The number of hydrogen-bond donors (Lipinski definition) is 0. The van der Waals surface area contributed by atoms with Crippen LogP contribution in [0.2, 0.25) is 0 Å². The number of piperidine rings is 1. The molecular weight excluding hydrogens is 420 g/mol. The van der Waals surface area contributed by atoms with Crippen molar-refractivity contribution in [3.05, 3.63) is 59.8 Å². The number of halogens is 2. The number of thiazole rings is 1. The zero-order valence-corrected chi connectivity index (χ0v) is 17.8. The molecule has 0 N–H and O–H groups in total. The van der Waals surface area contributed by atoms with E-state index >= 15 is 0 Å². The summed E-state index contributed by atoms with van der Waals surface area (Å²) in [4.78, 5) is 18.9. The van der Waals surface area contributed by atoms with Gasteiger partial charge in [0.25, 0.3) is 5.19 Å². The Bertz CT molecular complexity index is 1270. The molecule has 0 saturated carbocycles. The molecule has 2 aromatic heterocycles. The van der Waals surface area contributed by atoms with Gasteiger partial charge < -0.3 is 14.2 Å². The highest BCUT2D eigenvalue weighted by Gasteiger charge is 2.25. The van der Waals surface area contributed by atoms with Crippen LogP contribution in [-0.4, -0.2) is 39.6 Å². The van der Waals surface area contributed by atoms with E-state index in [1.165, 1.54) is 6.07 Å². The average molecular weight is 442 g/mol. The number of likely N-dealkylation sites (tertiary alicyclic amines) is 1. The van der Waals surface area contributed by atoms with Crippen LogP contribution in [0.4, 0.5) is 8.78 Å². The fourth-order valence-electron chi connectivity index (χ4n) is 4.19. The molecule has 0 atom stereocenters. The predicted octanol–water partition coefficient (Wildman–Crippen LogP) is 4.68. The van der Waals surface area contributed by atoms with Crippen LogP contribution in [-0.2, 0) is 18.3 Å². The first-order chi connectivity index (χ1) is 15.0. The summed E-state index contributed by atoms with van der Waals surface area (Å²) in [5.74, 6) is -1.21. The van der Waals surface area contributed by atoms with E-state index < -0.39 is 11.6 Å². The standard InChI is InChI=1S/C23H21F2N3O2S/c1-27-13-14(17-4-2-3-5-19(17)27)10-21(29)28-8-6-16(7-9-28)30-23-26-22-18(25)11-15(24)12-20(22)31-23/h2-5,11-13,16H,6-10H2,1H3. The number of fused-ring (bicyclic) bond motifs is 2. The van der Waals surface area contributed by atoms with Gasteiger partial charge in [0.1, 0.15) is 17.4 Å². The lowest BCUT2D eigenvalue weighted by molar-refractivity contribution is -0.132. The van der Waals surface area contributed by atoms with Crippen molar-refractivity contribution < 1.29 is 18.3 Å². The van der Waals surface area contributed by atoms with Crippen molar-refractivity contribution in [2.24, 2.45) is 7.05 Å². The lowest BCUT2D eigenvalue weighted by atomic mass is 10.1. The van der Waals surface area contributed by atoms with Gasteiger partial charge in [-0.1, -0.05) is 29.5 Å². The summed E-state index contributed by atoms with van der Waals surface area (Å²) in [6, 6.07) is 10.2. The maximum atomic E-state index is 13.9. The van der Waals surface area contributed by atoms with Crippen LogP contribution in [0.5, 0.6) is 5.19 Å². The summed E-state index contributed by atoms with van der Waals surface area (Å²) in [5, 5.41) is 1.44. The summed E-state index contributed by atoms with van der Waals surface area (Å²) in [6.45, 7) is 1.20. The molecule has 1 aliphatic rings. The van der Waals surface area contributed by atoms with Crippen LogP contribution in [0.1, 0.15) is 18.4 Å². The van der Waals surface area contributed by atoms with E-state index in [9.17, 15) is 13.6 Å². The third-order valence-corrected chi connectivity index (χ3v) is 6.67. The Balaban J connectivity index is 1.21. The highest BCUT2D eigenvalue weighted by atomic mass is 32.1. The fraction of sp³-hybridized carbons (Fsp3) is 0.304. The van der Waals surface area contributed by atoms with E-state index in [0.29, 0.717) is 42.2 Å². The summed E-state index contributed by atoms with van der Waals surface area (Å²) in [6.07, 6.45) is 3.64. The van der Waals surface area contributed by atoms with Crippen LogP contribution >= 0.6 is 11.3 Å². The lowest BCUT2D eigenvalue weighted by Gasteiger charge is -2.31. The van der Waals surface area contributed by atoms with Gasteiger partial charge in [0.05, 0.1) is 11.1 Å². The molecular formula is C23H21F2N3O2S. The van der Waals surface area contributed by atoms with E-state index in [4.69, 9.17) is 4.74 Å². The summed E-state index contributed by atoms with van der Waals surface area (Å²) in [7, 11) is 1.99. The highest BCUT2D eigenvalue weighted by molar-refractivity contribution is 7.20. The van der Waals surface area contributed by atoms with Crippen molar-refractivity contribution in [1.29, 1.82) is 0 Å². The van der Waals surface area contributed by atoms with Crippen LogP contribution in [0, 0.1) is 11.6 Å². The zero-order valence-electron chi connectivity index (χ0n) is 17.0. The number of para-hydroxylation sites is 1. The molecule has 3 heterocycles. The minimum absolute atomic E-state index is 0.102. The number of nitrogens with zero attached hydrogens (tertiary/aromatic N) is 3. The summed E-state index contributed by atoms with van der Waals surface area (Å²) in [5.41, 5.74) is 2.28. The van der Waals surface area contributed by atoms with Crippen molar-refractivity contribution in [2.45, 2.75) is 25.4 Å². The number of aryl methyl sites for hydroxylation is 1. The second-order valence-corrected chi connectivity index (χ2v) is 8.86. The topological polar surface area (TPSA) is 47.4 Å². The quantitative estimate of drug-likeness (QED) is 0.462. The van der Waals surface area contributed by atoms with Crippen molar-refractivity contribution in [3.63, 3.8) is 0 Å². The maximum absolute atomic E-state index is 13.9. The van der Waals surface area contributed by atoms with Crippen LogP contribution < -0.4 is 4.74 Å². The van der Waals surface area contributed by atoms with Crippen molar-refractivity contribution in [3.8, 4) is 5.19 Å². The van der Waals surface area contributed by atoms with Gasteiger partial charge in [-0.05, 0) is 17.7 Å². The molecule has 4 aromatic rings. The van der Waals surface area contributed by atoms with Crippen LogP contribution in [0.15, 0.2) is 42.6 Å². The molecule has 5 nitrogen and oxygen atoms in total. The number of aromatic nitrogens is 2. The molecule has 1 saturated heterocycles. The molecule has 1 aliphatic heterocycles. The first-order valence-corrected chi connectivity index (χ1v) is 11.0. The van der Waals surface area contributed by atoms with Gasteiger partial charge in [0.2, 0.25) is 5.91 Å². The van der Waals surface area contributed by atoms with Crippen LogP contribution in [0.3, 0.4) is 0 Å². The van der Waals surface area contributed by atoms with E-state index in [0.717, 1.165) is 33.9 Å². The highest BCUT2D eigenvalue weighted by Crippen LogP contribution is 2.32. The summed E-state index contributed by atoms with van der Waals surface area (Å²) < 4.78 is 35.6. The van der Waals surface area contributed by atoms with Gasteiger partial charge in [-0.25, -0.2) is 8.78 Å².